The van der Waals surface area contributed by atoms with Crippen LogP contribution in [0.3, 0.4) is 0 Å². The number of amidine groups is 1. The van der Waals surface area contributed by atoms with E-state index in [1.54, 1.807) is 6.20 Å². The molecule has 0 unspecified atom stereocenters. The van der Waals surface area contributed by atoms with Crippen LogP contribution < -0.4 is 11.1 Å². The van der Waals surface area contributed by atoms with Gasteiger partial charge in [0.25, 0.3) is 0 Å². The Labute approximate surface area is 160 Å². The zero-order valence-electron chi connectivity index (χ0n) is 14.1. The Kier molecular flexibility index (Phi) is 4.40. The first-order valence-corrected chi connectivity index (χ1v) is 8.56. The Hall–Kier alpha value is -3.51. The Morgan fingerprint density at radius 3 is 2.81 bits per heavy atom. The molecule has 2 aromatic heterocycles. The second kappa shape index (κ2) is 7.01. The average molecular weight is 375 g/mol. The van der Waals surface area contributed by atoms with Crippen LogP contribution in [0.25, 0.3) is 21.7 Å². The monoisotopic (exact) mass is 374 g/mol. The Balaban J connectivity index is 1.93. The Bertz CT molecular complexity index is 1200. The van der Waals surface area contributed by atoms with Crippen LogP contribution in [0.5, 0.6) is 0 Å². The summed E-state index contributed by atoms with van der Waals surface area (Å²) in [5.74, 6) is 0.964. The number of halogens is 1. The number of aliphatic imine (C=N–C) groups is 1. The van der Waals surface area contributed by atoms with Gasteiger partial charge in [-0.3, -0.25) is 10.4 Å². The highest BCUT2D eigenvalue weighted by Crippen LogP contribution is 2.31. The third kappa shape index (κ3) is 3.30. The van der Waals surface area contributed by atoms with E-state index < -0.39 is 0 Å². The molecule has 0 fully saturated rings. The van der Waals surface area contributed by atoms with E-state index in [-0.39, 0.29) is 5.84 Å². The van der Waals surface area contributed by atoms with Crippen molar-refractivity contribution >= 4 is 57.0 Å². The molecule has 132 valence electrons. The van der Waals surface area contributed by atoms with E-state index in [0.29, 0.717) is 16.4 Å². The van der Waals surface area contributed by atoms with E-state index in [0.717, 1.165) is 33.7 Å². The van der Waals surface area contributed by atoms with E-state index >= 15 is 0 Å². The summed E-state index contributed by atoms with van der Waals surface area (Å²) in [6, 6.07) is 15.0. The zero-order chi connectivity index (χ0) is 18.8. The van der Waals surface area contributed by atoms with Crippen molar-refractivity contribution in [3.8, 4) is 0 Å². The topological polar surface area (TPSA) is 100 Å². The fourth-order valence-corrected chi connectivity index (χ4v) is 3.14. The molecule has 4 rings (SSSR count). The summed E-state index contributed by atoms with van der Waals surface area (Å²) >= 11 is 6.09. The largest absolute Gasteiger partial charge is 0.383 e. The Morgan fingerprint density at radius 1 is 1.11 bits per heavy atom. The molecule has 0 spiro atoms. The van der Waals surface area contributed by atoms with Crippen molar-refractivity contribution in [1.29, 1.82) is 5.41 Å². The molecule has 0 atom stereocenters. The molecule has 27 heavy (non-hydrogen) atoms. The van der Waals surface area contributed by atoms with Crippen LogP contribution in [0.15, 0.2) is 65.9 Å². The maximum atomic E-state index is 7.09. The minimum atomic E-state index is 0.268. The van der Waals surface area contributed by atoms with Gasteiger partial charge in [0.05, 0.1) is 5.52 Å². The number of nitrogens with one attached hydrogen (secondary N) is 2. The summed E-state index contributed by atoms with van der Waals surface area (Å²) in [5.41, 5.74) is 8.21. The van der Waals surface area contributed by atoms with Crippen LogP contribution in [0.1, 0.15) is 5.56 Å². The number of nitrogens with zero attached hydrogens (tertiary/aromatic N) is 3. The highest BCUT2D eigenvalue weighted by Gasteiger charge is 2.10. The first-order valence-electron chi connectivity index (χ1n) is 8.18. The van der Waals surface area contributed by atoms with Gasteiger partial charge in [0.1, 0.15) is 18.0 Å². The average Bonchev–Trinajstić information content (AvgIpc) is 2.68. The fraction of sp³-hybridized carbons (Fsp3) is 0. The van der Waals surface area contributed by atoms with Crippen LogP contribution >= 0.6 is 11.6 Å². The smallest absolute Gasteiger partial charge is 0.139 e. The van der Waals surface area contributed by atoms with Gasteiger partial charge < -0.3 is 11.1 Å². The van der Waals surface area contributed by atoms with Crippen LogP contribution in [0, 0.1) is 5.41 Å². The molecule has 0 aliphatic heterocycles. The number of fused-ring (bicyclic) bond motifs is 3. The van der Waals surface area contributed by atoms with Crippen molar-refractivity contribution in [3.05, 3.63) is 71.5 Å². The molecule has 6 nitrogen and oxygen atoms in total. The lowest BCUT2D eigenvalue weighted by molar-refractivity contribution is 1.34. The van der Waals surface area contributed by atoms with Gasteiger partial charge in [0.15, 0.2) is 0 Å². The van der Waals surface area contributed by atoms with Crippen molar-refractivity contribution in [2.45, 2.75) is 0 Å². The number of rotatable bonds is 4. The normalized spacial score (nSPS) is 11.7. The molecular formula is C20H15ClN6. The lowest BCUT2D eigenvalue weighted by atomic mass is 10.1. The number of aromatic nitrogens is 2. The van der Waals surface area contributed by atoms with Gasteiger partial charge in [-0.2, -0.15) is 0 Å². The third-order valence-electron chi connectivity index (χ3n) is 4.18. The highest BCUT2D eigenvalue weighted by molar-refractivity contribution is 6.30. The molecule has 0 saturated heterocycles. The van der Waals surface area contributed by atoms with Crippen LogP contribution in [-0.4, -0.2) is 22.1 Å². The molecule has 2 aromatic carbocycles. The second-order valence-corrected chi connectivity index (χ2v) is 6.33. The molecule has 0 saturated carbocycles. The van der Waals surface area contributed by atoms with Crippen molar-refractivity contribution < 1.29 is 0 Å². The van der Waals surface area contributed by atoms with Crippen LogP contribution in [0.2, 0.25) is 5.02 Å². The van der Waals surface area contributed by atoms with Gasteiger partial charge in [-0.05, 0) is 30.3 Å². The predicted octanol–water partition coefficient (Wildman–Crippen LogP) is 4.49. The SMILES string of the molecule is N=CN=C(N)c1ccc2c(c1)nc(Nc1cccc(Cl)c1)c1ccncc12. The van der Waals surface area contributed by atoms with Gasteiger partial charge in [-0.15, -0.1) is 0 Å². The molecule has 0 aliphatic carbocycles. The van der Waals surface area contributed by atoms with E-state index in [1.807, 2.05) is 54.7 Å². The van der Waals surface area contributed by atoms with Crippen molar-refractivity contribution in [2.24, 2.45) is 10.7 Å². The van der Waals surface area contributed by atoms with E-state index in [4.69, 9.17) is 27.7 Å². The number of nitrogens with two attached hydrogens (primary N) is 1. The lowest BCUT2D eigenvalue weighted by Crippen LogP contribution is -2.13. The molecule has 7 heteroatoms. The second-order valence-electron chi connectivity index (χ2n) is 5.89. The maximum absolute atomic E-state index is 7.09. The van der Waals surface area contributed by atoms with Crippen molar-refractivity contribution in [3.63, 3.8) is 0 Å². The fourth-order valence-electron chi connectivity index (χ4n) is 2.95. The van der Waals surface area contributed by atoms with Crippen molar-refractivity contribution in [2.75, 3.05) is 5.32 Å². The predicted molar refractivity (Wildman–Crippen MR) is 111 cm³/mol. The molecule has 0 aliphatic rings. The summed E-state index contributed by atoms with van der Waals surface area (Å²) in [4.78, 5) is 12.9. The van der Waals surface area contributed by atoms with Gasteiger partial charge in [0.2, 0.25) is 0 Å². The quantitative estimate of drug-likeness (QED) is 0.278. The standard InChI is InChI=1S/C20H15ClN6/c21-13-2-1-3-14(9-13)26-20-16-6-7-24-10-17(16)15-5-4-12(8-18(15)27-20)19(23)25-11-22/h1-11H,(H,26,27)(H3,22,23,25). The Morgan fingerprint density at radius 2 is 2.00 bits per heavy atom. The van der Waals surface area contributed by atoms with Gasteiger partial charge in [0, 0.05) is 44.8 Å². The molecular weight excluding hydrogens is 360 g/mol. The minimum Gasteiger partial charge on any atom is -0.383 e. The molecule has 0 bridgehead atoms. The van der Waals surface area contributed by atoms with E-state index in [9.17, 15) is 0 Å². The zero-order valence-corrected chi connectivity index (χ0v) is 14.9. The molecule has 0 radical (unpaired) electrons. The van der Waals surface area contributed by atoms with E-state index in [2.05, 4.69) is 15.3 Å². The molecule has 2 heterocycles. The summed E-state index contributed by atoms with van der Waals surface area (Å²) in [5, 5.41) is 14.0. The van der Waals surface area contributed by atoms with Gasteiger partial charge in [-0.1, -0.05) is 29.8 Å². The maximum Gasteiger partial charge on any atom is 0.139 e. The number of pyridine rings is 2. The number of benzene rings is 2. The number of hydrogen-bond donors (Lipinski definition) is 3. The third-order valence-corrected chi connectivity index (χ3v) is 4.42. The highest BCUT2D eigenvalue weighted by atomic mass is 35.5. The first kappa shape index (κ1) is 16.9. The summed E-state index contributed by atoms with van der Waals surface area (Å²) in [6.07, 6.45) is 4.47. The number of anilines is 2. The first-order chi connectivity index (χ1) is 13.2. The van der Waals surface area contributed by atoms with Gasteiger partial charge >= 0.3 is 0 Å². The van der Waals surface area contributed by atoms with Crippen molar-refractivity contribution in [1.82, 2.24) is 9.97 Å². The molecule has 4 aromatic rings. The molecule has 4 N–H and O–H groups in total. The lowest BCUT2D eigenvalue weighted by Gasteiger charge is -2.12. The minimum absolute atomic E-state index is 0.268. The van der Waals surface area contributed by atoms with E-state index in [1.165, 1.54) is 0 Å². The summed E-state index contributed by atoms with van der Waals surface area (Å²) in [6.45, 7) is 0. The van der Waals surface area contributed by atoms with Crippen LogP contribution in [0.4, 0.5) is 11.5 Å². The summed E-state index contributed by atoms with van der Waals surface area (Å²) < 4.78 is 0. The number of hydrogen-bond acceptors (Lipinski definition) is 4. The van der Waals surface area contributed by atoms with Gasteiger partial charge in [-0.25, -0.2) is 9.98 Å². The summed E-state index contributed by atoms with van der Waals surface area (Å²) in [7, 11) is 0. The molecule has 0 amide bonds. The van der Waals surface area contributed by atoms with Crippen LogP contribution in [-0.2, 0) is 0 Å².